The Bertz CT molecular complexity index is 581. The maximum absolute atomic E-state index is 5.50. The van der Waals surface area contributed by atoms with Gasteiger partial charge in [-0.1, -0.05) is 30.3 Å². The molecule has 2 aromatic carbocycles. The van der Waals surface area contributed by atoms with Crippen molar-refractivity contribution >= 4 is 10.8 Å². The van der Waals surface area contributed by atoms with Gasteiger partial charge in [-0.25, -0.2) is 0 Å². The molecule has 1 atom stereocenters. The highest BCUT2D eigenvalue weighted by molar-refractivity contribution is 5.87. The van der Waals surface area contributed by atoms with Gasteiger partial charge < -0.3 is 19.5 Å². The molecule has 0 spiro atoms. The highest BCUT2D eigenvalue weighted by Crippen LogP contribution is 2.27. The number of rotatable bonds is 7. The van der Waals surface area contributed by atoms with Crippen LogP contribution < -0.4 is 10.1 Å². The lowest BCUT2D eigenvalue weighted by Crippen LogP contribution is -2.39. The summed E-state index contributed by atoms with van der Waals surface area (Å²) in [6.45, 7) is 2.73. The maximum atomic E-state index is 5.50. The van der Waals surface area contributed by atoms with E-state index in [0.29, 0.717) is 6.54 Å². The normalized spacial score (nSPS) is 12.8. The Labute approximate surface area is 126 Å². The monoisotopic (exact) mass is 289 g/mol. The van der Waals surface area contributed by atoms with Crippen molar-refractivity contribution in [2.75, 3.05) is 21.3 Å². The summed E-state index contributed by atoms with van der Waals surface area (Å²) in [5.41, 5.74) is 1.15. The van der Waals surface area contributed by atoms with Gasteiger partial charge in [0.25, 0.3) is 0 Å². The molecule has 0 heterocycles. The van der Waals surface area contributed by atoms with Crippen molar-refractivity contribution in [2.45, 2.75) is 25.8 Å². The molecular formula is C17H23NO3. The van der Waals surface area contributed by atoms with Crippen molar-refractivity contribution in [1.82, 2.24) is 5.32 Å². The number of benzene rings is 2. The fourth-order valence-corrected chi connectivity index (χ4v) is 2.55. The number of methoxy groups -OCH3 is 3. The Morgan fingerprint density at radius 1 is 1.00 bits per heavy atom. The van der Waals surface area contributed by atoms with Crippen molar-refractivity contribution in [3.05, 3.63) is 42.0 Å². The summed E-state index contributed by atoms with van der Waals surface area (Å²) in [6, 6.07) is 12.5. The summed E-state index contributed by atoms with van der Waals surface area (Å²) < 4.78 is 16.1. The van der Waals surface area contributed by atoms with E-state index in [1.165, 1.54) is 10.8 Å². The van der Waals surface area contributed by atoms with E-state index in [2.05, 4.69) is 23.5 Å². The van der Waals surface area contributed by atoms with Crippen molar-refractivity contribution in [2.24, 2.45) is 0 Å². The predicted octanol–water partition coefficient (Wildman–Crippen LogP) is 2.95. The molecule has 2 rings (SSSR count). The summed E-state index contributed by atoms with van der Waals surface area (Å²) in [5, 5.41) is 5.84. The second-order valence-corrected chi connectivity index (χ2v) is 4.98. The standard InChI is InChI=1S/C17H23NO3/c1-12(17(20-3)21-4)18-11-15-14-8-6-5-7-13(14)9-10-16(15)19-2/h5-10,12,17-18H,11H2,1-4H3. The Kier molecular flexibility index (Phi) is 5.56. The highest BCUT2D eigenvalue weighted by atomic mass is 16.7. The van der Waals surface area contributed by atoms with Crippen LogP contribution in [0.2, 0.25) is 0 Å². The third-order valence-electron chi connectivity index (χ3n) is 3.69. The first-order chi connectivity index (χ1) is 10.2. The van der Waals surface area contributed by atoms with Gasteiger partial charge in [-0.15, -0.1) is 0 Å². The van der Waals surface area contributed by atoms with E-state index < -0.39 is 0 Å². The molecule has 0 saturated heterocycles. The quantitative estimate of drug-likeness (QED) is 0.796. The van der Waals surface area contributed by atoms with Crippen molar-refractivity contribution < 1.29 is 14.2 Å². The average molecular weight is 289 g/mol. The molecule has 4 heteroatoms. The minimum Gasteiger partial charge on any atom is -0.496 e. The van der Waals surface area contributed by atoms with Crippen LogP contribution in [0.15, 0.2) is 36.4 Å². The van der Waals surface area contributed by atoms with Gasteiger partial charge in [0.2, 0.25) is 0 Å². The highest BCUT2D eigenvalue weighted by Gasteiger charge is 2.16. The van der Waals surface area contributed by atoms with Gasteiger partial charge in [0.1, 0.15) is 5.75 Å². The van der Waals surface area contributed by atoms with E-state index in [9.17, 15) is 0 Å². The van der Waals surface area contributed by atoms with Crippen molar-refractivity contribution in [3.8, 4) is 5.75 Å². The molecule has 0 bridgehead atoms. The molecule has 0 aliphatic heterocycles. The van der Waals surface area contributed by atoms with Crippen LogP contribution in [-0.2, 0) is 16.0 Å². The second kappa shape index (κ2) is 7.41. The van der Waals surface area contributed by atoms with E-state index >= 15 is 0 Å². The SMILES string of the molecule is COc1ccc2ccccc2c1CNC(C)C(OC)OC. The molecular weight excluding hydrogens is 266 g/mol. The third kappa shape index (κ3) is 3.53. The lowest BCUT2D eigenvalue weighted by atomic mass is 10.0. The van der Waals surface area contributed by atoms with E-state index in [4.69, 9.17) is 14.2 Å². The smallest absolute Gasteiger partial charge is 0.171 e. The minimum absolute atomic E-state index is 0.0728. The number of ether oxygens (including phenoxy) is 3. The fourth-order valence-electron chi connectivity index (χ4n) is 2.55. The molecule has 114 valence electrons. The first kappa shape index (κ1) is 15.8. The lowest BCUT2D eigenvalue weighted by molar-refractivity contribution is -0.119. The molecule has 0 amide bonds. The van der Waals surface area contributed by atoms with Gasteiger partial charge >= 0.3 is 0 Å². The summed E-state index contributed by atoms with van der Waals surface area (Å²) in [7, 11) is 4.99. The van der Waals surface area contributed by atoms with E-state index in [1.807, 2.05) is 25.1 Å². The van der Waals surface area contributed by atoms with Crippen LogP contribution in [0, 0.1) is 0 Å². The van der Waals surface area contributed by atoms with Crippen LogP contribution in [0.5, 0.6) is 5.75 Å². The van der Waals surface area contributed by atoms with Gasteiger partial charge in [0, 0.05) is 26.3 Å². The summed E-state index contributed by atoms with van der Waals surface area (Å²) >= 11 is 0. The Morgan fingerprint density at radius 3 is 2.38 bits per heavy atom. The second-order valence-electron chi connectivity index (χ2n) is 4.98. The van der Waals surface area contributed by atoms with E-state index in [0.717, 1.165) is 11.3 Å². The van der Waals surface area contributed by atoms with E-state index in [-0.39, 0.29) is 12.3 Å². The molecule has 0 aromatic heterocycles. The molecule has 0 fully saturated rings. The first-order valence-corrected chi connectivity index (χ1v) is 7.04. The Hall–Kier alpha value is -1.62. The maximum Gasteiger partial charge on any atom is 0.171 e. The molecule has 21 heavy (non-hydrogen) atoms. The first-order valence-electron chi connectivity index (χ1n) is 7.04. The Balaban J connectivity index is 2.24. The van der Waals surface area contributed by atoms with Gasteiger partial charge in [0.05, 0.1) is 13.2 Å². The summed E-state index contributed by atoms with van der Waals surface area (Å²) in [6.07, 6.45) is -0.272. The van der Waals surface area contributed by atoms with Crippen LogP contribution >= 0.6 is 0 Å². The average Bonchev–Trinajstić information content (AvgIpc) is 2.53. The predicted molar refractivity (Wildman–Crippen MR) is 84.6 cm³/mol. The van der Waals surface area contributed by atoms with Crippen LogP contribution in [0.4, 0.5) is 0 Å². The zero-order valence-corrected chi connectivity index (χ0v) is 13.1. The molecule has 0 saturated carbocycles. The van der Waals surface area contributed by atoms with Crippen LogP contribution in [0.25, 0.3) is 10.8 Å². The number of hydrogen-bond donors (Lipinski definition) is 1. The molecule has 1 unspecified atom stereocenters. The molecule has 2 aromatic rings. The zero-order chi connectivity index (χ0) is 15.2. The fraction of sp³-hybridized carbons (Fsp3) is 0.412. The summed E-state index contributed by atoms with van der Waals surface area (Å²) in [4.78, 5) is 0. The van der Waals surface area contributed by atoms with Crippen molar-refractivity contribution in [1.29, 1.82) is 0 Å². The lowest BCUT2D eigenvalue weighted by Gasteiger charge is -2.23. The van der Waals surface area contributed by atoms with E-state index in [1.54, 1.807) is 21.3 Å². The van der Waals surface area contributed by atoms with Gasteiger partial charge in [-0.2, -0.15) is 0 Å². The van der Waals surface area contributed by atoms with Crippen LogP contribution in [0.1, 0.15) is 12.5 Å². The topological polar surface area (TPSA) is 39.7 Å². The van der Waals surface area contributed by atoms with Crippen LogP contribution in [0.3, 0.4) is 0 Å². The Morgan fingerprint density at radius 2 is 1.71 bits per heavy atom. The number of fused-ring (bicyclic) bond motifs is 1. The van der Waals surface area contributed by atoms with Gasteiger partial charge in [0.15, 0.2) is 6.29 Å². The zero-order valence-electron chi connectivity index (χ0n) is 13.1. The largest absolute Gasteiger partial charge is 0.496 e. The van der Waals surface area contributed by atoms with Gasteiger partial charge in [-0.3, -0.25) is 0 Å². The minimum atomic E-state index is -0.272. The molecule has 1 N–H and O–H groups in total. The van der Waals surface area contributed by atoms with Gasteiger partial charge in [-0.05, 0) is 23.8 Å². The molecule has 0 aliphatic carbocycles. The van der Waals surface area contributed by atoms with Crippen molar-refractivity contribution in [3.63, 3.8) is 0 Å². The number of nitrogens with one attached hydrogen (secondary N) is 1. The third-order valence-corrected chi connectivity index (χ3v) is 3.69. The molecule has 0 radical (unpaired) electrons. The van der Waals surface area contributed by atoms with Crippen LogP contribution in [-0.4, -0.2) is 33.7 Å². The molecule has 4 nitrogen and oxygen atoms in total. The number of hydrogen-bond acceptors (Lipinski definition) is 4. The summed E-state index contributed by atoms with van der Waals surface area (Å²) in [5.74, 6) is 0.889. The molecule has 0 aliphatic rings.